The van der Waals surface area contributed by atoms with Crippen LogP contribution in [0.4, 0.5) is 5.82 Å². The second-order valence-electron chi connectivity index (χ2n) is 10.1. The molecule has 0 bridgehead atoms. The van der Waals surface area contributed by atoms with Crippen LogP contribution in [0, 0.1) is 11.3 Å². The first kappa shape index (κ1) is 27.6. The minimum atomic E-state index is -1.58. The van der Waals surface area contributed by atoms with E-state index in [1.807, 2.05) is 91.0 Å². The maximum Gasteiger partial charge on any atom is 0.225 e. The Morgan fingerprint density at radius 1 is 0.833 bits per heavy atom. The maximum absolute atomic E-state index is 10.9. The van der Waals surface area contributed by atoms with Crippen LogP contribution in [0.2, 0.25) is 0 Å². The Bertz CT molecular complexity index is 1640. The van der Waals surface area contributed by atoms with Crippen molar-refractivity contribution in [1.29, 1.82) is 5.26 Å². The Kier molecular flexibility index (Phi) is 8.21. The molecule has 0 amide bonds. The lowest BCUT2D eigenvalue weighted by molar-refractivity contribution is -0.0971. The molecule has 2 N–H and O–H groups in total. The molecule has 42 heavy (non-hydrogen) atoms. The molecule has 5 aromatic rings. The number of nitrogens with two attached hydrogens (primary N) is 1. The standard InChI is InChI=1S/C33H31N5O4/c34-22-33(29-17-16-27-32(35)36-23-37-38(27)29)31(41-20-26-14-8-3-9-15-26)30(40-19-25-12-6-2-7-13-25)28(42-33)21-39-18-24-10-4-1-5-11-24/h1-17,23,28,30-31H,18-21H2,(H2,35,36,37)/t28-,30-,31-,33+/m1/s1/i32+2. The lowest BCUT2D eigenvalue weighted by Crippen LogP contribution is -2.44. The van der Waals surface area contributed by atoms with Crippen LogP contribution in [0.15, 0.2) is 109 Å². The van der Waals surface area contributed by atoms with Gasteiger partial charge in [0.2, 0.25) is 5.60 Å². The maximum atomic E-state index is 10.9. The monoisotopic (exact) mass is 563 g/mol. The van der Waals surface area contributed by atoms with Crippen LogP contribution in [0.25, 0.3) is 5.52 Å². The first-order chi connectivity index (χ1) is 20.7. The number of anilines is 1. The highest BCUT2D eigenvalue weighted by Crippen LogP contribution is 2.44. The summed E-state index contributed by atoms with van der Waals surface area (Å²) in [6, 6.07) is 35.6. The number of hydrogen-bond donors (Lipinski definition) is 1. The van der Waals surface area contributed by atoms with Gasteiger partial charge in [0.05, 0.1) is 32.1 Å². The molecule has 3 heterocycles. The fourth-order valence-electron chi connectivity index (χ4n) is 5.32. The van der Waals surface area contributed by atoms with Crippen LogP contribution in [0.3, 0.4) is 0 Å². The fraction of sp³-hybridized carbons (Fsp3) is 0.242. The molecule has 3 aromatic carbocycles. The van der Waals surface area contributed by atoms with E-state index in [4.69, 9.17) is 24.7 Å². The van der Waals surface area contributed by atoms with Crippen molar-refractivity contribution in [1.82, 2.24) is 14.6 Å². The number of rotatable bonds is 11. The molecule has 1 fully saturated rings. The van der Waals surface area contributed by atoms with Gasteiger partial charge in [-0.05, 0) is 28.8 Å². The second kappa shape index (κ2) is 12.5. The highest BCUT2D eigenvalue weighted by molar-refractivity contribution is 5.66. The third-order valence-corrected chi connectivity index (χ3v) is 7.38. The largest absolute Gasteiger partial charge is 0.382 e. The van der Waals surface area contributed by atoms with E-state index in [2.05, 4.69) is 16.2 Å². The highest BCUT2D eigenvalue weighted by Gasteiger charge is 2.60. The van der Waals surface area contributed by atoms with Crippen LogP contribution in [0.5, 0.6) is 0 Å². The summed E-state index contributed by atoms with van der Waals surface area (Å²) < 4.78 is 27.5. The molecule has 0 radical (unpaired) electrons. The highest BCUT2D eigenvalue weighted by atomic mass is 16.6. The summed E-state index contributed by atoms with van der Waals surface area (Å²) in [6.07, 6.45) is -0.738. The molecule has 0 unspecified atom stereocenters. The topological polar surface area (TPSA) is 117 Å². The molecule has 9 nitrogen and oxygen atoms in total. The Hall–Kier alpha value is -4.59. The van der Waals surface area contributed by atoms with Crippen molar-refractivity contribution in [2.24, 2.45) is 0 Å². The molecule has 6 rings (SSSR count). The third-order valence-electron chi connectivity index (χ3n) is 7.38. The number of aromatic nitrogens is 3. The van der Waals surface area contributed by atoms with Crippen molar-refractivity contribution in [2.75, 3.05) is 12.3 Å². The summed E-state index contributed by atoms with van der Waals surface area (Å²) in [7, 11) is 0. The zero-order chi connectivity index (χ0) is 28.8. The smallest absolute Gasteiger partial charge is 0.225 e. The van der Waals surface area contributed by atoms with E-state index >= 15 is 0 Å². The number of fused-ring (bicyclic) bond motifs is 1. The van der Waals surface area contributed by atoms with E-state index in [9.17, 15) is 5.26 Å². The Balaban J connectivity index is 1.37. The van der Waals surface area contributed by atoms with E-state index in [1.165, 1.54) is 6.33 Å². The predicted molar refractivity (Wildman–Crippen MR) is 156 cm³/mol. The quantitative estimate of drug-likeness (QED) is 0.243. The minimum absolute atomic E-state index is 0.184. The Morgan fingerprint density at radius 3 is 2.05 bits per heavy atom. The molecule has 1 aliphatic rings. The number of nitrogen functional groups attached to an aromatic ring is 1. The average Bonchev–Trinajstić information content (AvgIpc) is 3.61. The van der Waals surface area contributed by atoms with Gasteiger partial charge in [-0.3, -0.25) is 0 Å². The lowest BCUT2D eigenvalue weighted by atomic mass is 9.92. The van der Waals surface area contributed by atoms with Gasteiger partial charge in [-0.2, -0.15) is 10.4 Å². The van der Waals surface area contributed by atoms with E-state index < -0.39 is 23.9 Å². The molecular weight excluding hydrogens is 532 g/mol. The summed E-state index contributed by atoms with van der Waals surface area (Å²) >= 11 is 0. The summed E-state index contributed by atoms with van der Waals surface area (Å²) in [4.78, 5) is 4.10. The number of hydrogen-bond acceptors (Lipinski definition) is 8. The van der Waals surface area contributed by atoms with Crippen molar-refractivity contribution >= 4 is 11.3 Å². The number of nitrogens with zero attached hydrogens (tertiary/aromatic N) is 4. The molecule has 212 valence electrons. The molecule has 0 aliphatic carbocycles. The summed E-state index contributed by atoms with van der Waals surface area (Å²) in [5.74, 6) is 0.295. The Morgan fingerprint density at radius 2 is 1.43 bits per heavy atom. The van der Waals surface area contributed by atoms with Crippen LogP contribution < -0.4 is 5.73 Å². The van der Waals surface area contributed by atoms with Gasteiger partial charge in [-0.25, -0.2) is 9.50 Å². The zero-order valence-corrected chi connectivity index (χ0v) is 23.0. The molecule has 1 aliphatic heterocycles. The second-order valence-corrected chi connectivity index (χ2v) is 10.1. The summed E-state index contributed by atoms with van der Waals surface area (Å²) in [6.45, 7) is 1.13. The number of nitriles is 1. The predicted octanol–water partition coefficient (Wildman–Crippen LogP) is 4.82. The number of ether oxygens (including phenoxy) is 4. The Labute approximate surface area is 244 Å². The lowest BCUT2D eigenvalue weighted by Gasteiger charge is -2.29. The van der Waals surface area contributed by atoms with Crippen molar-refractivity contribution in [2.45, 2.75) is 43.7 Å². The normalized spacial score (nSPS) is 21.8. The van der Waals surface area contributed by atoms with Gasteiger partial charge in [-0.1, -0.05) is 91.0 Å². The summed E-state index contributed by atoms with van der Waals surface area (Å²) in [5, 5.41) is 15.3. The fourth-order valence-corrected chi connectivity index (χ4v) is 5.32. The SMILES string of the molecule is N#C[C@@]1(c2ccc3[14c](N)ncnn23)O[C@H](COCc2ccccc2)[C@@H](OCc2ccccc2)[C@H]1OCc1ccccc1. The first-order valence-corrected chi connectivity index (χ1v) is 13.8. The van der Waals surface area contributed by atoms with Gasteiger partial charge in [-0.15, -0.1) is 0 Å². The van der Waals surface area contributed by atoms with Gasteiger partial charge in [0, 0.05) is 0 Å². The van der Waals surface area contributed by atoms with Crippen molar-refractivity contribution in [3.63, 3.8) is 0 Å². The average molecular weight is 564 g/mol. The minimum Gasteiger partial charge on any atom is -0.382 e. The molecule has 4 atom stereocenters. The van der Waals surface area contributed by atoms with Gasteiger partial charge in [0.15, 0.2) is 5.82 Å². The summed E-state index contributed by atoms with van der Waals surface area (Å²) in [5.41, 5.74) is 8.59. The van der Waals surface area contributed by atoms with Crippen molar-refractivity contribution in [3.8, 4) is 6.07 Å². The molecule has 0 saturated carbocycles. The first-order valence-electron chi connectivity index (χ1n) is 13.8. The molecule has 1 saturated heterocycles. The molecule has 2 aromatic heterocycles. The van der Waals surface area contributed by atoms with Crippen LogP contribution in [-0.4, -0.2) is 39.5 Å². The van der Waals surface area contributed by atoms with Gasteiger partial charge < -0.3 is 24.7 Å². The van der Waals surface area contributed by atoms with Gasteiger partial charge in [0.25, 0.3) is 0 Å². The zero-order valence-electron chi connectivity index (χ0n) is 23.0. The third kappa shape index (κ3) is 5.62. The number of benzene rings is 3. The van der Waals surface area contributed by atoms with Crippen molar-refractivity contribution in [3.05, 3.63) is 132 Å². The van der Waals surface area contributed by atoms with Gasteiger partial charge >= 0.3 is 0 Å². The van der Waals surface area contributed by atoms with Crippen LogP contribution >= 0.6 is 0 Å². The van der Waals surface area contributed by atoms with E-state index in [0.717, 1.165) is 16.7 Å². The molecule has 0 spiro atoms. The molecule has 9 heteroatoms. The van der Waals surface area contributed by atoms with Gasteiger partial charge in [0.1, 0.15) is 36.2 Å². The van der Waals surface area contributed by atoms with E-state index in [1.54, 1.807) is 16.6 Å². The van der Waals surface area contributed by atoms with E-state index in [-0.39, 0.29) is 13.2 Å². The van der Waals surface area contributed by atoms with Crippen LogP contribution in [-0.2, 0) is 44.4 Å². The van der Waals surface area contributed by atoms with E-state index in [0.29, 0.717) is 30.2 Å². The van der Waals surface area contributed by atoms with Crippen molar-refractivity contribution < 1.29 is 18.9 Å². The van der Waals surface area contributed by atoms with Crippen LogP contribution in [0.1, 0.15) is 22.4 Å². The molecular formula is C33H31N5O4.